The summed E-state index contributed by atoms with van der Waals surface area (Å²) in [5.74, 6) is 1.84. The third kappa shape index (κ3) is 4.41. The van der Waals surface area contributed by atoms with Crippen molar-refractivity contribution < 1.29 is 13.9 Å². The van der Waals surface area contributed by atoms with Crippen molar-refractivity contribution in [3.8, 4) is 5.75 Å². The van der Waals surface area contributed by atoms with Crippen molar-refractivity contribution in [2.45, 2.75) is 26.6 Å². The van der Waals surface area contributed by atoms with Gasteiger partial charge in [0.05, 0.1) is 6.54 Å². The zero-order valence-electron chi connectivity index (χ0n) is 14.0. The van der Waals surface area contributed by atoms with Crippen LogP contribution in [0.5, 0.6) is 5.75 Å². The number of nitrogens with one attached hydrogen (secondary N) is 2. The summed E-state index contributed by atoms with van der Waals surface area (Å²) in [5.41, 5.74) is 0. The number of aromatic nitrogens is 3. The van der Waals surface area contributed by atoms with Gasteiger partial charge >= 0.3 is 0 Å². The van der Waals surface area contributed by atoms with Crippen molar-refractivity contribution in [1.82, 2.24) is 20.1 Å². The minimum Gasteiger partial charge on any atom is -0.486 e. The van der Waals surface area contributed by atoms with Crippen molar-refractivity contribution in [2.24, 2.45) is 0 Å². The predicted octanol–water partition coefficient (Wildman–Crippen LogP) is 3.83. The summed E-state index contributed by atoms with van der Waals surface area (Å²) in [5, 5.41) is 9.59. The molecule has 2 heterocycles. The van der Waals surface area contributed by atoms with Crippen LogP contribution in [0.3, 0.4) is 0 Å². The van der Waals surface area contributed by atoms with E-state index in [0.717, 1.165) is 10.2 Å². The Morgan fingerprint density at radius 2 is 2.12 bits per heavy atom. The van der Waals surface area contributed by atoms with E-state index < -0.39 is 0 Å². The Bertz CT molecular complexity index is 946. The zero-order valence-corrected chi connectivity index (χ0v) is 16.4. The van der Waals surface area contributed by atoms with Gasteiger partial charge in [0.15, 0.2) is 16.4 Å². The normalized spacial score (nSPS) is 10.7. The molecule has 0 saturated heterocycles. The molecular weight excluding hydrogens is 420 g/mol. The Morgan fingerprint density at radius 3 is 2.85 bits per heavy atom. The third-order valence-electron chi connectivity index (χ3n) is 3.64. The highest BCUT2D eigenvalue weighted by molar-refractivity contribution is 9.10. The van der Waals surface area contributed by atoms with Crippen LogP contribution >= 0.6 is 28.1 Å². The fourth-order valence-electron chi connectivity index (χ4n) is 2.32. The second-order valence-corrected chi connectivity index (χ2v) is 6.68. The fourth-order valence-corrected chi connectivity index (χ4v) is 2.87. The molecule has 2 aromatic heterocycles. The standard InChI is InChI=1S/C17H17BrN4O3S/c1-2-22-15(20-21-17(22)26)9-19-16(23)14-8-7-13(25-14)10-24-12-5-3-11(18)4-6-12/h3-8H,2,9-10H2,1H3,(H,19,23)(H,21,26). The average Bonchev–Trinajstić information content (AvgIpc) is 3.25. The van der Waals surface area contributed by atoms with E-state index in [1.54, 1.807) is 12.1 Å². The lowest BCUT2D eigenvalue weighted by Gasteiger charge is -2.05. The number of furan rings is 1. The van der Waals surface area contributed by atoms with Gasteiger partial charge in [-0.3, -0.25) is 9.89 Å². The molecular formula is C17H17BrN4O3S. The van der Waals surface area contributed by atoms with Crippen LogP contribution in [0, 0.1) is 4.77 Å². The van der Waals surface area contributed by atoms with E-state index in [-0.39, 0.29) is 24.8 Å². The smallest absolute Gasteiger partial charge is 0.287 e. The number of carbonyl (C=O) groups excluding carboxylic acids is 1. The highest BCUT2D eigenvalue weighted by atomic mass is 79.9. The Balaban J connectivity index is 1.55. The van der Waals surface area contributed by atoms with Crippen LogP contribution in [0.25, 0.3) is 0 Å². The van der Waals surface area contributed by atoms with Crippen LogP contribution < -0.4 is 10.1 Å². The van der Waals surface area contributed by atoms with E-state index in [9.17, 15) is 4.79 Å². The van der Waals surface area contributed by atoms with Gasteiger partial charge in [0, 0.05) is 11.0 Å². The molecule has 3 rings (SSSR count). The highest BCUT2D eigenvalue weighted by Crippen LogP contribution is 2.18. The van der Waals surface area contributed by atoms with Gasteiger partial charge in [-0.05, 0) is 55.5 Å². The second kappa shape index (κ2) is 8.33. The molecule has 0 atom stereocenters. The number of nitrogens with zero attached hydrogens (tertiary/aromatic N) is 2. The maximum absolute atomic E-state index is 12.2. The number of benzene rings is 1. The Kier molecular flexibility index (Phi) is 5.89. The van der Waals surface area contributed by atoms with E-state index in [2.05, 4.69) is 31.4 Å². The van der Waals surface area contributed by atoms with Crippen molar-refractivity contribution in [2.75, 3.05) is 0 Å². The van der Waals surface area contributed by atoms with E-state index in [1.165, 1.54) is 0 Å². The van der Waals surface area contributed by atoms with E-state index in [0.29, 0.717) is 22.9 Å². The first-order valence-electron chi connectivity index (χ1n) is 7.96. The molecule has 9 heteroatoms. The zero-order chi connectivity index (χ0) is 18.5. The number of halogens is 1. The van der Waals surface area contributed by atoms with Crippen LogP contribution in [0.4, 0.5) is 0 Å². The molecule has 0 radical (unpaired) electrons. The number of ether oxygens (including phenoxy) is 1. The van der Waals surface area contributed by atoms with E-state index >= 15 is 0 Å². The number of hydrogen-bond donors (Lipinski definition) is 2. The van der Waals surface area contributed by atoms with Crippen molar-refractivity contribution in [3.63, 3.8) is 0 Å². The maximum Gasteiger partial charge on any atom is 0.287 e. The van der Waals surface area contributed by atoms with E-state index in [4.69, 9.17) is 21.4 Å². The summed E-state index contributed by atoms with van der Waals surface area (Å²) in [6.45, 7) is 3.13. The lowest BCUT2D eigenvalue weighted by atomic mass is 10.3. The molecule has 0 aliphatic carbocycles. The number of aromatic amines is 1. The first-order valence-corrected chi connectivity index (χ1v) is 9.16. The van der Waals surface area contributed by atoms with Crippen LogP contribution in [0.2, 0.25) is 0 Å². The summed E-state index contributed by atoms with van der Waals surface area (Å²) < 4.78 is 14.5. The summed E-state index contributed by atoms with van der Waals surface area (Å²) in [4.78, 5) is 12.2. The first-order chi connectivity index (χ1) is 12.6. The second-order valence-electron chi connectivity index (χ2n) is 5.38. The molecule has 26 heavy (non-hydrogen) atoms. The van der Waals surface area contributed by atoms with Gasteiger partial charge in [-0.2, -0.15) is 5.10 Å². The van der Waals surface area contributed by atoms with Crippen molar-refractivity contribution in [1.29, 1.82) is 0 Å². The third-order valence-corrected chi connectivity index (χ3v) is 4.48. The lowest BCUT2D eigenvalue weighted by molar-refractivity contribution is 0.0917. The van der Waals surface area contributed by atoms with Crippen LogP contribution in [-0.2, 0) is 19.7 Å². The molecule has 0 bridgehead atoms. The molecule has 1 aromatic carbocycles. The molecule has 0 saturated carbocycles. The van der Waals surface area contributed by atoms with Gasteiger partial charge < -0.3 is 19.0 Å². The van der Waals surface area contributed by atoms with Crippen LogP contribution in [0.1, 0.15) is 29.1 Å². The molecule has 7 nitrogen and oxygen atoms in total. The van der Waals surface area contributed by atoms with Gasteiger partial charge in [-0.1, -0.05) is 15.9 Å². The molecule has 136 valence electrons. The number of hydrogen-bond acceptors (Lipinski definition) is 5. The minimum atomic E-state index is -0.323. The largest absolute Gasteiger partial charge is 0.486 e. The van der Waals surface area contributed by atoms with Crippen LogP contribution in [-0.4, -0.2) is 20.7 Å². The van der Waals surface area contributed by atoms with Gasteiger partial charge in [0.2, 0.25) is 0 Å². The highest BCUT2D eigenvalue weighted by Gasteiger charge is 2.13. The Hall–Kier alpha value is -2.39. The summed E-state index contributed by atoms with van der Waals surface area (Å²) in [6, 6.07) is 10.8. The van der Waals surface area contributed by atoms with Gasteiger partial charge in [-0.25, -0.2) is 0 Å². The van der Waals surface area contributed by atoms with Crippen molar-refractivity contribution >= 4 is 34.1 Å². The number of amides is 1. The lowest BCUT2D eigenvalue weighted by Crippen LogP contribution is -2.24. The predicted molar refractivity (Wildman–Crippen MR) is 101 cm³/mol. The SMILES string of the molecule is CCn1c(CNC(=O)c2ccc(COc3ccc(Br)cc3)o2)n[nH]c1=S. The minimum absolute atomic E-state index is 0.219. The first kappa shape index (κ1) is 18.4. The van der Waals surface area contributed by atoms with Gasteiger partial charge in [-0.15, -0.1) is 0 Å². The monoisotopic (exact) mass is 436 g/mol. The average molecular weight is 437 g/mol. The Labute approximate surface area is 163 Å². The summed E-state index contributed by atoms with van der Waals surface area (Å²) in [6.07, 6.45) is 0. The molecule has 1 amide bonds. The molecule has 0 unspecified atom stereocenters. The molecule has 0 aliphatic rings. The number of rotatable bonds is 7. The van der Waals surface area contributed by atoms with Crippen LogP contribution in [0.15, 0.2) is 45.3 Å². The molecule has 0 aliphatic heterocycles. The molecule has 2 N–H and O–H groups in total. The van der Waals surface area contributed by atoms with Gasteiger partial charge in [0.25, 0.3) is 5.91 Å². The van der Waals surface area contributed by atoms with Crippen molar-refractivity contribution in [3.05, 3.63) is 63.0 Å². The molecule has 0 fully saturated rings. The van der Waals surface area contributed by atoms with E-state index in [1.807, 2.05) is 35.8 Å². The summed E-state index contributed by atoms with van der Waals surface area (Å²) >= 11 is 8.49. The number of H-pyrrole nitrogens is 1. The topological polar surface area (TPSA) is 85.1 Å². The maximum atomic E-state index is 12.2. The fraction of sp³-hybridized carbons (Fsp3) is 0.235. The summed E-state index contributed by atoms with van der Waals surface area (Å²) in [7, 11) is 0. The van der Waals surface area contributed by atoms with Gasteiger partial charge in [0.1, 0.15) is 18.1 Å². The quantitative estimate of drug-likeness (QED) is 0.549. The molecule has 0 spiro atoms. The number of carbonyl (C=O) groups is 1. The molecule has 3 aromatic rings. The Morgan fingerprint density at radius 1 is 1.35 bits per heavy atom.